The van der Waals surface area contributed by atoms with E-state index in [-0.39, 0.29) is 0 Å². The summed E-state index contributed by atoms with van der Waals surface area (Å²) in [6.45, 7) is 0.583. The first kappa shape index (κ1) is 12.9. The first-order chi connectivity index (χ1) is 8.19. The van der Waals surface area contributed by atoms with Crippen LogP contribution < -0.4 is 10.5 Å². The minimum atomic E-state index is 0.300. The van der Waals surface area contributed by atoms with Crippen molar-refractivity contribution >= 4 is 15.9 Å². The number of halogens is 1. The third-order valence-corrected chi connectivity index (χ3v) is 3.64. The predicted octanol–water partition coefficient (Wildman–Crippen LogP) is 2.85. The van der Waals surface area contributed by atoms with Gasteiger partial charge in [0.25, 0.3) is 0 Å². The minimum Gasteiger partial charge on any atom is -0.496 e. The van der Waals surface area contributed by atoms with Gasteiger partial charge in [0, 0.05) is 16.1 Å². The van der Waals surface area contributed by atoms with Gasteiger partial charge in [0.1, 0.15) is 5.75 Å². The molecule has 1 aliphatic carbocycles. The third-order valence-electron chi connectivity index (χ3n) is 3.14. The Morgan fingerprint density at radius 3 is 2.88 bits per heavy atom. The molecule has 0 aromatic heterocycles. The lowest BCUT2D eigenvalue weighted by molar-refractivity contribution is 0.0437. The fourth-order valence-corrected chi connectivity index (χ4v) is 2.60. The van der Waals surface area contributed by atoms with Crippen LogP contribution in [0.2, 0.25) is 0 Å². The van der Waals surface area contributed by atoms with Gasteiger partial charge in [0.2, 0.25) is 0 Å². The van der Waals surface area contributed by atoms with Gasteiger partial charge in [-0.3, -0.25) is 0 Å². The summed E-state index contributed by atoms with van der Waals surface area (Å²) in [6, 6.07) is 6.26. The molecule has 0 saturated heterocycles. The molecule has 4 heteroatoms. The van der Waals surface area contributed by atoms with Crippen molar-refractivity contribution in [3.8, 4) is 5.75 Å². The molecule has 0 spiro atoms. The van der Waals surface area contributed by atoms with Gasteiger partial charge in [-0.05, 0) is 37.5 Å². The van der Waals surface area contributed by atoms with Crippen molar-refractivity contribution in [3.63, 3.8) is 0 Å². The van der Waals surface area contributed by atoms with Gasteiger partial charge >= 0.3 is 0 Å². The van der Waals surface area contributed by atoms with Gasteiger partial charge in [-0.25, -0.2) is 0 Å². The van der Waals surface area contributed by atoms with Gasteiger partial charge in [-0.2, -0.15) is 0 Å². The Balaban J connectivity index is 1.96. The summed E-state index contributed by atoms with van der Waals surface area (Å²) in [5, 5.41) is 0. The summed E-state index contributed by atoms with van der Waals surface area (Å²) >= 11 is 3.46. The van der Waals surface area contributed by atoms with Gasteiger partial charge in [0.15, 0.2) is 0 Å². The van der Waals surface area contributed by atoms with Crippen LogP contribution in [0.5, 0.6) is 5.75 Å². The van der Waals surface area contributed by atoms with Gasteiger partial charge in [0.05, 0.1) is 19.8 Å². The van der Waals surface area contributed by atoms with Crippen LogP contribution in [0, 0.1) is 0 Å². The monoisotopic (exact) mass is 299 g/mol. The van der Waals surface area contributed by atoms with Gasteiger partial charge in [-0.15, -0.1) is 0 Å². The summed E-state index contributed by atoms with van der Waals surface area (Å²) in [5.74, 6) is 0.871. The molecule has 1 aromatic carbocycles. The largest absolute Gasteiger partial charge is 0.496 e. The summed E-state index contributed by atoms with van der Waals surface area (Å²) < 4.78 is 12.2. The summed E-state index contributed by atoms with van der Waals surface area (Å²) in [7, 11) is 1.68. The third kappa shape index (κ3) is 3.44. The second-order valence-corrected chi connectivity index (χ2v) is 5.38. The number of benzene rings is 1. The molecule has 0 aliphatic heterocycles. The number of hydrogen-bond donors (Lipinski definition) is 1. The lowest BCUT2D eigenvalue weighted by atomic mass is 10.2. The second-order valence-electron chi connectivity index (χ2n) is 4.46. The predicted molar refractivity (Wildman–Crippen MR) is 71.1 cm³/mol. The zero-order chi connectivity index (χ0) is 12.3. The first-order valence-electron chi connectivity index (χ1n) is 5.88. The smallest absolute Gasteiger partial charge is 0.124 e. The zero-order valence-electron chi connectivity index (χ0n) is 9.99. The van der Waals surface area contributed by atoms with Gasteiger partial charge < -0.3 is 15.2 Å². The number of hydrogen-bond acceptors (Lipinski definition) is 3. The molecule has 1 aliphatic rings. The Bertz CT molecular complexity index is 384. The van der Waals surface area contributed by atoms with Crippen molar-refractivity contribution < 1.29 is 9.47 Å². The lowest BCUT2D eigenvalue weighted by Gasteiger charge is -2.14. The first-order valence-corrected chi connectivity index (χ1v) is 6.68. The SMILES string of the molecule is COc1ccc(Br)cc1COC1CCC(N)C1. The molecule has 2 unspecified atom stereocenters. The van der Waals surface area contributed by atoms with Gasteiger partial charge in [-0.1, -0.05) is 15.9 Å². The van der Waals surface area contributed by atoms with Crippen molar-refractivity contribution in [1.82, 2.24) is 0 Å². The zero-order valence-corrected chi connectivity index (χ0v) is 11.6. The van der Waals surface area contributed by atoms with E-state index < -0.39 is 0 Å². The molecule has 0 bridgehead atoms. The van der Waals surface area contributed by atoms with Crippen LogP contribution >= 0.6 is 15.9 Å². The highest BCUT2D eigenvalue weighted by Gasteiger charge is 2.22. The van der Waals surface area contributed by atoms with E-state index in [1.165, 1.54) is 0 Å². The van der Waals surface area contributed by atoms with Crippen LogP contribution in [0.3, 0.4) is 0 Å². The minimum absolute atomic E-state index is 0.300. The molecule has 3 nitrogen and oxygen atoms in total. The van der Waals surface area contributed by atoms with E-state index in [1.807, 2.05) is 18.2 Å². The Hall–Kier alpha value is -0.580. The highest BCUT2D eigenvalue weighted by atomic mass is 79.9. The summed E-state index contributed by atoms with van der Waals surface area (Å²) in [5.41, 5.74) is 6.93. The number of ether oxygens (including phenoxy) is 2. The Kier molecular flexibility index (Phi) is 4.42. The molecule has 2 atom stereocenters. The lowest BCUT2D eigenvalue weighted by Crippen LogP contribution is -2.17. The number of nitrogens with two attached hydrogens (primary N) is 1. The van der Waals surface area contributed by atoms with E-state index in [1.54, 1.807) is 7.11 Å². The molecule has 0 radical (unpaired) electrons. The topological polar surface area (TPSA) is 44.5 Å². The van der Waals surface area contributed by atoms with Crippen LogP contribution in [-0.2, 0) is 11.3 Å². The summed E-state index contributed by atoms with van der Waals surface area (Å²) in [6.07, 6.45) is 3.40. The Labute approximate surface area is 110 Å². The van der Waals surface area contributed by atoms with E-state index in [2.05, 4.69) is 15.9 Å². The van der Waals surface area contributed by atoms with Crippen LogP contribution in [0.1, 0.15) is 24.8 Å². The number of methoxy groups -OCH3 is 1. The van der Waals surface area contributed by atoms with Crippen molar-refractivity contribution in [2.45, 2.75) is 38.0 Å². The number of rotatable bonds is 4. The quantitative estimate of drug-likeness (QED) is 0.930. The molecular formula is C13H18BrNO2. The molecule has 0 amide bonds. The fraction of sp³-hybridized carbons (Fsp3) is 0.538. The molecule has 1 aromatic rings. The second kappa shape index (κ2) is 5.85. The Morgan fingerprint density at radius 2 is 2.24 bits per heavy atom. The molecule has 2 rings (SSSR count). The molecule has 17 heavy (non-hydrogen) atoms. The van der Waals surface area contributed by atoms with Crippen molar-refractivity contribution in [1.29, 1.82) is 0 Å². The van der Waals surface area contributed by atoms with Crippen LogP contribution in [0.15, 0.2) is 22.7 Å². The maximum atomic E-state index is 5.88. The molecule has 1 saturated carbocycles. The van der Waals surface area contributed by atoms with E-state index in [4.69, 9.17) is 15.2 Å². The van der Waals surface area contributed by atoms with Crippen molar-refractivity contribution in [2.24, 2.45) is 5.73 Å². The van der Waals surface area contributed by atoms with Crippen LogP contribution in [0.4, 0.5) is 0 Å². The highest BCUT2D eigenvalue weighted by Crippen LogP contribution is 2.26. The average molecular weight is 300 g/mol. The molecular weight excluding hydrogens is 282 g/mol. The Morgan fingerprint density at radius 1 is 1.41 bits per heavy atom. The average Bonchev–Trinajstić information content (AvgIpc) is 2.73. The summed E-state index contributed by atoms with van der Waals surface area (Å²) in [4.78, 5) is 0. The molecule has 94 valence electrons. The van der Waals surface area contributed by atoms with Crippen molar-refractivity contribution in [3.05, 3.63) is 28.2 Å². The van der Waals surface area contributed by atoms with E-state index in [0.29, 0.717) is 18.8 Å². The van der Waals surface area contributed by atoms with E-state index >= 15 is 0 Å². The maximum absolute atomic E-state index is 5.88. The van der Waals surface area contributed by atoms with E-state index in [9.17, 15) is 0 Å². The van der Waals surface area contributed by atoms with Crippen molar-refractivity contribution in [2.75, 3.05) is 7.11 Å². The van der Waals surface area contributed by atoms with Crippen LogP contribution in [0.25, 0.3) is 0 Å². The normalized spacial score (nSPS) is 23.9. The molecule has 2 N–H and O–H groups in total. The standard InChI is InChI=1S/C13H18BrNO2/c1-16-13-5-2-10(14)6-9(13)8-17-12-4-3-11(15)7-12/h2,5-6,11-12H,3-4,7-8,15H2,1H3. The van der Waals surface area contributed by atoms with Crippen LogP contribution in [-0.4, -0.2) is 19.3 Å². The maximum Gasteiger partial charge on any atom is 0.124 e. The fourth-order valence-electron chi connectivity index (χ4n) is 2.19. The molecule has 0 heterocycles. The molecule has 1 fully saturated rings. The highest BCUT2D eigenvalue weighted by molar-refractivity contribution is 9.10. The van der Waals surface area contributed by atoms with E-state index in [0.717, 1.165) is 35.0 Å².